The van der Waals surface area contributed by atoms with Gasteiger partial charge in [-0.05, 0) is 33.2 Å². The Balaban J connectivity index is 4.23. The smallest absolute Gasteiger partial charge is 0.237 e. The van der Waals surface area contributed by atoms with Gasteiger partial charge in [0.2, 0.25) is 5.91 Å². The molecule has 4 N–H and O–H groups in total. The van der Waals surface area contributed by atoms with Crippen molar-refractivity contribution < 1.29 is 4.79 Å². The average molecular weight is 215 g/mol. The second-order valence-corrected chi connectivity index (χ2v) is 5.17. The average Bonchev–Trinajstić information content (AvgIpc) is 2.01. The lowest BCUT2D eigenvalue weighted by atomic mass is 9.93. The predicted octanol–water partition coefficient (Wildman–Crippen LogP) is 0.556. The quantitative estimate of drug-likeness (QED) is 0.680. The van der Waals surface area contributed by atoms with E-state index in [0.717, 1.165) is 6.54 Å². The summed E-state index contributed by atoms with van der Waals surface area (Å²) in [6.07, 6.45) is 0.589. The van der Waals surface area contributed by atoms with Crippen LogP contribution in [0.25, 0.3) is 0 Å². The molecule has 0 fully saturated rings. The summed E-state index contributed by atoms with van der Waals surface area (Å²) >= 11 is 0. The summed E-state index contributed by atoms with van der Waals surface area (Å²) in [6, 6.07) is 0.259. The van der Waals surface area contributed by atoms with Gasteiger partial charge in [-0.2, -0.15) is 0 Å². The molecule has 4 heteroatoms. The van der Waals surface area contributed by atoms with Crippen molar-refractivity contribution in [2.45, 2.75) is 45.7 Å². The molecule has 2 atom stereocenters. The van der Waals surface area contributed by atoms with Crippen molar-refractivity contribution in [3.63, 3.8) is 0 Å². The Labute approximate surface area is 93.0 Å². The lowest BCUT2D eigenvalue weighted by molar-refractivity contribution is -0.123. The summed E-state index contributed by atoms with van der Waals surface area (Å²) in [5.74, 6) is 0.169. The Morgan fingerprint density at radius 3 is 2.20 bits per heavy atom. The molecule has 0 aromatic heterocycles. The Hall–Kier alpha value is -0.610. The summed E-state index contributed by atoms with van der Waals surface area (Å²) in [4.78, 5) is 13.3. The van der Waals surface area contributed by atoms with Crippen LogP contribution < -0.4 is 11.5 Å². The molecule has 4 nitrogen and oxygen atoms in total. The number of nitrogens with two attached hydrogens (primary N) is 2. The van der Waals surface area contributed by atoms with E-state index in [1.807, 2.05) is 7.05 Å². The first-order valence-electron chi connectivity index (χ1n) is 5.46. The largest absolute Gasteiger partial charge is 0.368 e. The summed E-state index contributed by atoms with van der Waals surface area (Å²) in [6.45, 7) is 9.08. The number of hydrogen-bond donors (Lipinski definition) is 2. The zero-order chi connectivity index (χ0) is 12.2. The fourth-order valence-electron chi connectivity index (χ4n) is 1.63. The zero-order valence-electron chi connectivity index (χ0n) is 10.6. The van der Waals surface area contributed by atoms with Crippen LogP contribution in [0.2, 0.25) is 0 Å². The molecule has 0 heterocycles. The highest BCUT2D eigenvalue weighted by molar-refractivity contribution is 5.83. The highest BCUT2D eigenvalue weighted by Gasteiger charge is 2.29. The van der Waals surface area contributed by atoms with E-state index >= 15 is 0 Å². The molecule has 0 bridgehead atoms. The SMILES string of the molecule is CC(C)CN(C)C(C)CC(C)(N)C(N)=O. The third-order valence-corrected chi connectivity index (χ3v) is 2.69. The molecule has 0 spiro atoms. The highest BCUT2D eigenvalue weighted by Crippen LogP contribution is 2.13. The van der Waals surface area contributed by atoms with Crippen molar-refractivity contribution in [3.8, 4) is 0 Å². The minimum Gasteiger partial charge on any atom is -0.368 e. The molecule has 0 aliphatic carbocycles. The maximum Gasteiger partial charge on any atom is 0.237 e. The predicted molar refractivity (Wildman–Crippen MR) is 63.3 cm³/mol. The summed E-state index contributed by atoms with van der Waals surface area (Å²) in [7, 11) is 2.04. The highest BCUT2D eigenvalue weighted by atomic mass is 16.1. The van der Waals surface area contributed by atoms with E-state index in [1.54, 1.807) is 6.92 Å². The van der Waals surface area contributed by atoms with Gasteiger partial charge >= 0.3 is 0 Å². The van der Waals surface area contributed by atoms with Gasteiger partial charge in [0, 0.05) is 12.6 Å². The monoisotopic (exact) mass is 215 g/mol. The first-order valence-corrected chi connectivity index (χ1v) is 5.46. The van der Waals surface area contributed by atoms with Crippen LogP contribution in [-0.4, -0.2) is 36.0 Å². The Kier molecular flexibility index (Phi) is 5.24. The number of amides is 1. The van der Waals surface area contributed by atoms with Crippen molar-refractivity contribution in [2.75, 3.05) is 13.6 Å². The van der Waals surface area contributed by atoms with Crippen LogP contribution in [0, 0.1) is 5.92 Å². The van der Waals surface area contributed by atoms with E-state index in [1.165, 1.54) is 0 Å². The molecule has 90 valence electrons. The summed E-state index contributed by atoms with van der Waals surface area (Å²) in [5, 5.41) is 0. The number of hydrogen-bond acceptors (Lipinski definition) is 3. The number of carbonyl (C=O) groups is 1. The van der Waals surface area contributed by atoms with Gasteiger partial charge in [0.15, 0.2) is 0 Å². The number of primary amides is 1. The lowest BCUT2D eigenvalue weighted by Gasteiger charge is -2.31. The Morgan fingerprint density at radius 1 is 1.40 bits per heavy atom. The van der Waals surface area contributed by atoms with Crippen molar-refractivity contribution >= 4 is 5.91 Å². The molecule has 15 heavy (non-hydrogen) atoms. The van der Waals surface area contributed by atoms with Crippen LogP contribution in [-0.2, 0) is 4.79 Å². The molecule has 0 aromatic carbocycles. The van der Waals surface area contributed by atoms with Gasteiger partial charge < -0.3 is 16.4 Å². The van der Waals surface area contributed by atoms with Crippen molar-refractivity contribution in [1.82, 2.24) is 4.90 Å². The molecule has 2 unspecified atom stereocenters. The first kappa shape index (κ1) is 14.4. The molecular weight excluding hydrogens is 190 g/mol. The Bertz CT molecular complexity index is 214. The van der Waals surface area contributed by atoms with E-state index in [9.17, 15) is 4.79 Å². The van der Waals surface area contributed by atoms with Crippen LogP contribution in [0.4, 0.5) is 0 Å². The third kappa shape index (κ3) is 5.14. The number of carbonyl (C=O) groups excluding carboxylic acids is 1. The van der Waals surface area contributed by atoms with Crippen molar-refractivity contribution in [1.29, 1.82) is 0 Å². The molecule has 0 aliphatic heterocycles. The minimum atomic E-state index is -0.912. The maximum absolute atomic E-state index is 11.1. The summed E-state index contributed by atoms with van der Waals surface area (Å²) < 4.78 is 0. The van der Waals surface area contributed by atoms with E-state index in [4.69, 9.17) is 11.5 Å². The number of rotatable bonds is 6. The normalized spacial score (nSPS) is 17.9. The molecule has 0 rings (SSSR count). The molecule has 0 aromatic rings. The topological polar surface area (TPSA) is 72.3 Å². The summed E-state index contributed by atoms with van der Waals surface area (Å²) in [5.41, 5.74) is 10.2. The molecule has 0 aliphatic rings. The molecular formula is C11H25N3O. The van der Waals surface area contributed by atoms with Crippen LogP contribution in [0.15, 0.2) is 0 Å². The molecule has 0 radical (unpaired) electrons. The fraction of sp³-hybridized carbons (Fsp3) is 0.909. The van der Waals surface area contributed by atoms with Gasteiger partial charge in [-0.15, -0.1) is 0 Å². The van der Waals surface area contributed by atoms with Crippen LogP contribution in [0.3, 0.4) is 0 Å². The maximum atomic E-state index is 11.1. The second-order valence-electron chi connectivity index (χ2n) is 5.17. The number of nitrogens with zero attached hydrogens (tertiary/aromatic N) is 1. The fourth-order valence-corrected chi connectivity index (χ4v) is 1.63. The van der Waals surface area contributed by atoms with E-state index in [-0.39, 0.29) is 6.04 Å². The van der Waals surface area contributed by atoms with E-state index in [0.29, 0.717) is 12.3 Å². The van der Waals surface area contributed by atoms with E-state index in [2.05, 4.69) is 25.7 Å². The van der Waals surface area contributed by atoms with Gasteiger partial charge in [-0.25, -0.2) is 0 Å². The Morgan fingerprint density at radius 2 is 1.87 bits per heavy atom. The zero-order valence-corrected chi connectivity index (χ0v) is 10.6. The van der Waals surface area contributed by atoms with Crippen LogP contribution >= 0.6 is 0 Å². The second kappa shape index (κ2) is 5.47. The van der Waals surface area contributed by atoms with Gasteiger partial charge in [-0.1, -0.05) is 13.8 Å². The molecule has 1 amide bonds. The van der Waals surface area contributed by atoms with Crippen LogP contribution in [0.5, 0.6) is 0 Å². The molecule has 0 saturated heterocycles. The standard InChI is InChI=1S/C11H25N3O/c1-8(2)7-14(5)9(3)6-11(4,13)10(12)15/h8-9H,6-7,13H2,1-5H3,(H2,12,15). The van der Waals surface area contributed by atoms with Gasteiger partial charge in [-0.3, -0.25) is 4.79 Å². The van der Waals surface area contributed by atoms with Gasteiger partial charge in [0.05, 0.1) is 5.54 Å². The molecule has 0 saturated carbocycles. The minimum absolute atomic E-state index is 0.259. The van der Waals surface area contributed by atoms with Gasteiger partial charge in [0.1, 0.15) is 0 Å². The first-order chi connectivity index (χ1) is 6.66. The lowest BCUT2D eigenvalue weighted by Crippen LogP contribution is -2.53. The van der Waals surface area contributed by atoms with Crippen molar-refractivity contribution in [2.24, 2.45) is 17.4 Å². The van der Waals surface area contributed by atoms with Crippen LogP contribution in [0.1, 0.15) is 34.1 Å². The van der Waals surface area contributed by atoms with Gasteiger partial charge in [0.25, 0.3) is 0 Å². The third-order valence-electron chi connectivity index (χ3n) is 2.69. The van der Waals surface area contributed by atoms with Crippen molar-refractivity contribution in [3.05, 3.63) is 0 Å². The van der Waals surface area contributed by atoms with E-state index < -0.39 is 11.4 Å².